The molecule has 0 amide bonds. The number of esters is 1. The van der Waals surface area contributed by atoms with Crippen LogP contribution in [0.2, 0.25) is 5.02 Å². The van der Waals surface area contributed by atoms with Crippen LogP contribution in [0.3, 0.4) is 0 Å². The van der Waals surface area contributed by atoms with Crippen molar-refractivity contribution in [1.29, 1.82) is 0 Å². The van der Waals surface area contributed by atoms with Crippen molar-refractivity contribution < 1.29 is 14.3 Å². The van der Waals surface area contributed by atoms with Gasteiger partial charge in [-0.15, -0.1) is 0 Å². The SMILES string of the molecule is COC(=O)C(=O)c1c(C)nc2c(c1-c1ccc(Cl)cc1)n(C)c(=O)n2Cc1cnn(C)c1. The zero-order valence-corrected chi connectivity index (χ0v) is 18.7. The minimum absolute atomic E-state index is 0.0841. The molecule has 3 heterocycles. The fraction of sp³-hybridized carbons (Fsp3) is 0.227. The van der Waals surface area contributed by atoms with E-state index in [1.54, 1.807) is 56.2 Å². The quantitative estimate of drug-likeness (QED) is 0.261. The molecule has 0 saturated carbocycles. The number of aromatic nitrogens is 5. The van der Waals surface area contributed by atoms with E-state index in [0.717, 1.165) is 12.7 Å². The highest BCUT2D eigenvalue weighted by Gasteiger charge is 2.29. The first kappa shape index (κ1) is 21.5. The summed E-state index contributed by atoms with van der Waals surface area (Å²) in [5, 5.41) is 4.67. The Balaban J connectivity index is 2.08. The van der Waals surface area contributed by atoms with Gasteiger partial charge in [-0.1, -0.05) is 23.7 Å². The maximum atomic E-state index is 13.2. The zero-order valence-electron chi connectivity index (χ0n) is 17.9. The van der Waals surface area contributed by atoms with Crippen LogP contribution in [0, 0.1) is 6.92 Å². The van der Waals surface area contributed by atoms with Crippen LogP contribution in [0.1, 0.15) is 21.6 Å². The van der Waals surface area contributed by atoms with Gasteiger partial charge in [0, 0.05) is 36.4 Å². The molecular weight excluding hydrogens is 434 g/mol. The van der Waals surface area contributed by atoms with E-state index in [1.807, 2.05) is 6.20 Å². The molecular formula is C22H20ClN5O4. The second-order valence-corrected chi connectivity index (χ2v) is 7.83. The highest BCUT2D eigenvalue weighted by atomic mass is 35.5. The number of fused-ring (bicyclic) bond motifs is 1. The number of carbonyl (C=O) groups excluding carboxylic acids is 2. The monoisotopic (exact) mass is 453 g/mol. The van der Waals surface area contributed by atoms with E-state index in [0.29, 0.717) is 33.0 Å². The van der Waals surface area contributed by atoms with Crippen LogP contribution in [0.5, 0.6) is 0 Å². The van der Waals surface area contributed by atoms with Gasteiger partial charge in [-0.3, -0.25) is 18.6 Å². The van der Waals surface area contributed by atoms with Gasteiger partial charge in [0.1, 0.15) is 0 Å². The molecule has 0 N–H and O–H groups in total. The molecule has 4 aromatic rings. The number of halogens is 1. The largest absolute Gasteiger partial charge is 0.463 e. The standard InChI is InChI=1S/C22H20ClN5O4/c1-12-16(19(29)21(30)32-4)17(14-5-7-15(23)8-6-14)18-20(25-12)28(22(31)27(18)3)11-13-9-24-26(2)10-13/h5-10H,11H2,1-4H3. The van der Waals surface area contributed by atoms with Gasteiger partial charge >= 0.3 is 11.7 Å². The predicted molar refractivity (Wildman–Crippen MR) is 119 cm³/mol. The lowest BCUT2D eigenvalue weighted by molar-refractivity contribution is -0.135. The van der Waals surface area contributed by atoms with Crippen LogP contribution in [0.25, 0.3) is 22.3 Å². The summed E-state index contributed by atoms with van der Waals surface area (Å²) >= 11 is 6.06. The Bertz CT molecular complexity index is 1430. The van der Waals surface area contributed by atoms with Crippen LogP contribution in [-0.4, -0.2) is 42.8 Å². The topological polar surface area (TPSA) is 101 Å². The maximum Gasteiger partial charge on any atom is 0.379 e. The van der Waals surface area contributed by atoms with E-state index in [1.165, 1.54) is 9.13 Å². The average Bonchev–Trinajstić information content (AvgIpc) is 3.28. The molecule has 3 aromatic heterocycles. The number of Topliss-reactive ketones (excluding diaryl/α,β-unsaturated/α-hetero) is 1. The highest BCUT2D eigenvalue weighted by Crippen LogP contribution is 2.34. The first-order valence-corrected chi connectivity index (χ1v) is 10.1. The summed E-state index contributed by atoms with van der Waals surface area (Å²) in [6.07, 6.45) is 3.49. The van der Waals surface area contributed by atoms with Crippen molar-refractivity contribution >= 4 is 34.5 Å². The van der Waals surface area contributed by atoms with Crippen molar-refractivity contribution in [3.05, 3.63) is 69.0 Å². The van der Waals surface area contributed by atoms with E-state index < -0.39 is 11.8 Å². The first-order valence-electron chi connectivity index (χ1n) is 9.68. The second-order valence-electron chi connectivity index (χ2n) is 7.40. The fourth-order valence-electron chi connectivity index (χ4n) is 3.80. The molecule has 0 spiro atoms. The number of ether oxygens (including phenoxy) is 1. The van der Waals surface area contributed by atoms with Crippen molar-refractivity contribution in [2.75, 3.05) is 7.11 Å². The Labute approximate surface area is 187 Å². The van der Waals surface area contributed by atoms with Gasteiger partial charge in [-0.2, -0.15) is 5.10 Å². The predicted octanol–water partition coefficient (Wildman–Crippen LogP) is 2.50. The lowest BCUT2D eigenvalue weighted by atomic mass is 9.95. The maximum absolute atomic E-state index is 13.2. The fourth-order valence-corrected chi connectivity index (χ4v) is 3.93. The molecule has 0 aliphatic carbocycles. The van der Waals surface area contributed by atoms with E-state index in [4.69, 9.17) is 11.6 Å². The molecule has 9 nitrogen and oxygen atoms in total. The number of nitrogens with zero attached hydrogens (tertiary/aromatic N) is 5. The number of ketones is 1. The van der Waals surface area contributed by atoms with Gasteiger partial charge in [0.25, 0.3) is 5.78 Å². The molecule has 10 heteroatoms. The number of pyridine rings is 1. The Morgan fingerprint density at radius 2 is 1.84 bits per heavy atom. The minimum atomic E-state index is -1.01. The Morgan fingerprint density at radius 1 is 1.16 bits per heavy atom. The van der Waals surface area contributed by atoms with E-state index in [9.17, 15) is 14.4 Å². The van der Waals surface area contributed by atoms with Gasteiger partial charge in [0.2, 0.25) is 0 Å². The molecule has 0 fully saturated rings. The van der Waals surface area contributed by atoms with Gasteiger partial charge < -0.3 is 4.74 Å². The normalized spacial score (nSPS) is 11.2. The average molecular weight is 454 g/mol. The molecule has 4 rings (SSSR count). The number of rotatable bonds is 5. The van der Waals surface area contributed by atoms with Gasteiger partial charge in [-0.05, 0) is 24.6 Å². The number of aryl methyl sites for hydroxylation is 3. The molecule has 0 radical (unpaired) electrons. The van der Waals surface area contributed by atoms with Crippen LogP contribution in [0.4, 0.5) is 0 Å². The van der Waals surface area contributed by atoms with Crippen molar-refractivity contribution in [3.8, 4) is 11.1 Å². The third-order valence-corrected chi connectivity index (χ3v) is 5.52. The number of methoxy groups -OCH3 is 1. The third kappa shape index (κ3) is 3.50. The third-order valence-electron chi connectivity index (χ3n) is 5.27. The zero-order chi connectivity index (χ0) is 23.2. The summed E-state index contributed by atoms with van der Waals surface area (Å²) in [6.45, 7) is 1.88. The smallest absolute Gasteiger partial charge is 0.379 e. The summed E-state index contributed by atoms with van der Waals surface area (Å²) in [6, 6.07) is 6.81. The summed E-state index contributed by atoms with van der Waals surface area (Å²) in [5.41, 5.74) is 2.77. The Hall–Kier alpha value is -3.72. The van der Waals surface area contributed by atoms with Crippen LogP contribution in [0.15, 0.2) is 41.5 Å². The van der Waals surface area contributed by atoms with Gasteiger partial charge in [-0.25, -0.2) is 14.6 Å². The Morgan fingerprint density at radius 3 is 2.44 bits per heavy atom. The molecule has 0 aliphatic heterocycles. The van der Waals surface area contributed by atoms with Gasteiger partial charge in [0.15, 0.2) is 5.65 Å². The van der Waals surface area contributed by atoms with Crippen molar-refractivity contribution in [1.82, 2.24) is 23.9 Å². The summed E-state index contributed by atoms with van der Waals surface area (Å²) in [7, 11) is 4.54. The van der Waals surface area contributed by atoms with Crippen molar-refractivity contribution in [3.63, 3.8) is 0 Å². The van der Waals surface area contributed by atoms with Crippen molar-refractivity contribution in [2.45, 2.75) is 13.5 Å². The summed E-state index contributed by atoms with van der Waals surface area (Å²) < 4.78 is 9.26. The molecule has 1 aromatic carbocycles. The van der Waals surface area contributed by atoms with Crippen molar-refractivity contribution in [2.24, 2.45) is 14.1 Å². The lowest BCUT2D eigenvalue weighted by Gasteiger charge is -2.14. The van der Waals surface area contributed by atoms with E-state index in [-0.39, 0.29) is 17.8 Å². The molecule has 0 unspecified atom stereocenters. The highest BCUT2D eigenvalue weighted by molar-refractivity contribution is 6.42. The first-order chi connectivity index (χ1) is 15.2. The molecule has 0 saturated heterocycles. The van der Waals surface area contributed by atoms with Gasteiger partial charge in [0.05, 0.1) is 36.6 Å². The molecule has 32 heavy (non-hydrogen) atoms. The molecule has 0 atom stereocenters. The molecule has 0 aliphatic rings. The summed E-state index contributed by atoms with van der Waals surface area (Å²) in [4.78, 5) is 42.8. The van der Waals surface area contributed by atoms with Crippen LogP contribution < -0.4 is 5.69 Å². The number of hydrogen-bond donors (Lipinski definition) is 0. The lowest BCUT2D eigenvalue weighted by Crippen LogP contribution is -2.22. The second kappa shape index (κ2) is 8.08. The molecule has 164 valence electrons. The van der Waals surface area contributed by atoms with E-state index >= 15 is 0 Å². The van der Waals surface area contributed by atoms with Crippen LogP contribution >= 0.6 is 11.6 Å². The number of imidazole rings is 1. The minimum Gasteiger partial charge on any atom is -0.463 e. The number of benzene rings is 1. The summed E-state index contributed by atoms with van der Waals surface area (Å²) in [5.74, 6) is -1.85. The Kier molecular flexibility index (Phi) is 5.43. The number of hydrogen-bond acceptors (Lipinski definition) is 6. The van der Waals surface area contributed by atoms with E-state index in [2.05, 4.69) is 14.8 Å². The number of carbonyl (C=O) groups is 2. The van der Waals surface area contributed by atoms with Crippen LogP contribution in [-0.2, 0) is 30.2 Å². The molecule has 0 bridgehead atoms.